The number of rotatable bonds is 7. The van der Waals surface area contributed by atoms with Crippen LogP contribution < -0.4 is 5.32 Å². The molecule has 2 aromatic rings. The molecule has 8 heteroatoms. The van der Waals surface area contributed by atoms with Crippen molar-refractivity contribution in [1.82, 2.24) is 10.2 Å². The number of halogens is 1. The number of amides is 1. The van der Waals surface area contributed by atoms with E-state index in [1.165, 1.54) is 0 Å². The van der Waals surface area contributed by atoms with Crippen LogP contribution in [0.25, 0.3) is 11.1 Å². The van der Waals surface area contributed by atoms with Crippen molar-refractivity contribution in [2.75, 3.05) is 39.5 Å². The number of carbonyl (C=O) groups excluding carboxylic acids is 1. The Kier molecular flexibility index (Phi) is 7.90. The molecule has 31 heavy (non-hydrogen) atoms. The second-order valence-corrected chi connectivity index (χ2v) is 7.60. The van der Waals surface area contributed by atoms with Gasteiger partial charge in [0.15, 0.2) is 0 Å². The zero-order valence-corrected chi connectivity index (χ0v) is 18.0. The van der Waals surface area contributed by atoms with Crippen LogP contribution in [-0.4, -0.2) is 67.6 Å². The molecule has 7 nitrogen and oxygen atoms in total. The normalized spacial score (nSPS) is 16.5. The standard InChI is InChI=1S/C23H26N2O5.ClH/c26-22(27)21(9-10-25-11-13-29-14-12-25)24-23(28)30-15-20-18-7-3-1-5-16(18)17-6-2-4-8-19(17)20;/h1-8,20-21H,9-15H2,(H,24,28)(H,26,27);1H/t21-;/m0./s1. The number of morpholine rings is 1. The van der Waals surface area contributed by atoms with Gasteiger partial charge in [0.2, 0.25) is 0 Å². The van der Waals surface area contributed by atoms with E-state index in [-0.39, 0.29) is 24.9 Å². The number of nitrogens with zero attached hydrogens (tertiary/aromatic N) is 1. The summed E-state index contributed by atoms with van der Waals surface area (Å²) in [5.41, 5.74) is 4.54. The number of carbonyl (C=O) groups is 2. The van der Waals surface area contributed by atoms with Crippen molar-refractivity contribution in [2.45, 2.75) is 18.4 Å². The third-order valence-corrected chi connectivity index (χ3v) is 5.77. The highest BCUT2D eigenvalue weighted by Gasteiger charge is 2.29. The molecule has 4 rings (SSSR count). The molecule has 0 spiro atoms. The molecule has 1 aliphatic heterocycles. The van der Waals surface area contributed by atoms with Crippen molar-refractivity contribution in [3.63, 3.8) is 0 Å². The highest BCUT2D eigenvalue weighted by molar-refractivity contribution is 5.85. The van der Waals surface area contributed by atoms with Gasteiger partial charge in [-0.25, -0.2) is 9.59 Å². The van der Waals surface area contributed by atoms with Gasteiger partial charge in [-0.2, -0.15) is 0 Å². The van der Waals surface area contributed by atoms with Gasteiger partial charge in [-0.3, -0.25) is 4.90 Å². The first-order valence-corrected chi connectivity index (χ1v) is 10.3. The molecular formula is C23H27ClN2O5. The zero-order chi connectivity index (χ0) is 20.9. The Hall–Kier alpha value is -2.61. The van der Waals surface area contributed by atoms with Gasteiger partial charge in [-0.1, -0.05) is 48.5 Å². The molecule has 0 aromatic heterocycles. The number of hydrogen-bond donors (Lipinski definition) is 2. The van der Waals surface area contributed by atoms with Gasteiger partial charge in [0.25, 0.3) is 0 Å². The number of aliphatic carboxylic acids is 1. The van der Waals surface area contributed by atoms with E-state index >= 15 is 0 Å². The summed E-state index contributed by atoms with van der Waals surface area (Å²) in [4.78, 5) is 26.1. The fourth-order valence-electron chi connectivity index (χ4n) is 4.18. The third kappa shape index (κ3) is 5.36. The largest absolute Gasteiger partial charge is 0.480 e. The van der Waals surface area contributed by atoms with Crippen LogP contribution in [0.1, 0.15) is 23.5 Å². The number of hydrogen-bond acceptors (Lipinski definition) is 5. The van der Waals surface area contributed by atoms with Crippen LogP contribution in [-0.2, 0) is 14.3 Å². The smallest absolute Gasteiger partial charge is 0.407 e. The molecule has 1 heterocycles. The number of benzene rings is 2. The molecule has 1 amide bonds. The second-order valence-electron chi connectivity index (χ2n) is 7.60. The first-order chi connectivity index (χ1) is 14.6. The molecule has 1 aliphatic carbocycles. The van der Waals surface area contributed by atoms with Crippen LogP contribution in [0.4, 0.5) is 4.79 Å². The summed E-state index contributed by atoms with van der Waals surface area (Å²) in [5, 5.41) is 12.0. The lowest BCUT2D eigenvalue weighted by molar-refractivity contribution is -0.139. The van der Waals surface area contributed by atoms with E-state index in [2.05, 4.69) is 22.3 Å². The summed E-state index contributed by atoms with van der Waals surface area (Å²) in [6.07, 6.45) is -0.384. The number of alkyl carbamates (subject to hydrolysis) is 1. The third-order valence-electron chi connectivity index (χ3n) is 5.77. The predicted molar refractivity (Wildman–Crippen MR) is 119 cm³/mol. The number of nitrogens with one attached hydrogen (secondary N) is 1. The molecule has 0 bridgehead atoms. The maximum atomic E-state index is 12.4. The van der Waals surface area contributed by atoms with Gasteiger partial charge >= 0.3 is 12.1 Å². The Bertz CT molecular complexity index is 871. The number of fused-ring (bicyclic) bond motifs is 3. The van der Waals surface area contributed by atoms with Crippen LogP contribution in [0, 0.1) is 0 Å². The van der Waals surface area contributed by atoms with Gasteiger partial charge < -0.3 is 19.9 Å². The van der Waals surface area contributed by atoms with Crippen LogP contribution >= 0.6 is 12.4 Å². The SMILES string of the molecule is Cl.O=C(N[C@@H](CCN1CCOCC1)C(=O)O)OCC1c2ccccc2-c2ccccc21. The Morgan fingerprint density at radius 1 is 1.06 bits per heavy atom. The van der Waals surface area contributed by atoms with Gasteiger partial charge in [-0.15, -0.1) is 12.4 Å². The monoisotopic (exact) mass is 446 g/mol. The summed E-state index contributed by atoms with van der Waals surface area (Å²) < 4.78 is 10.8. The van der Waals surface area contributed by atoms with Crippen molar-refractivity contribution in [2.24, 2.45) is 0 Å². The van der Waals surface area contributed by atoms with E-state index in [0.29, 0.717) is 26.2 Å². The van der Waals surface area contributed by atoms with Crippen molar-refractivity contribution < 1.29 is 24.2 Å². The lowest BCUT2D eigenvalue weighted by Crippen LogP contribution is -2.45. The summed E-state index contributed by atoms with van der Waals surface area (Å²) in [6, 6.07) is 15.2. The quantitative estimate of drug-likeness (QED) is 0.679. The Morgan fingerprint density at radius 2 is 1.65 bits per heavy atom. The Morgan fingerprint density at radius 3 is 2.23 bits per heavy atom. The Balaban J connectivity index is 0.00000272. The van der Waals surface area contributed by atoms with Crippen LogP contribution in [0.3, 0.4) is 0 Å². The number of carboxylic acids is 1. The van der Waals surface area contributed by atoms with E-state index in [0.717, 1.165) is 35.3 Å². The molecule has 2 N–H and O–H groups in total. The van der Waals surface area contributed by atoms with E-state index in [9.17, 15) is 14.7 Å². The molecular weight excluding hydrogens is 420 g/mol. The molecule has 2 aromatic carbocycles. The zero-order valence-electron chi connectivity index (χ0n) is 17.2. The minimum absolute atomic E-state index is 0. The predicted octanol–water partition coefficient (Wildman–Crippen LogP) is 3.12. The molecule has 1 saturated heterocycles. The minimum Gasteiger partial charge on any atom is -0.480 e. The highest BCUT2D eigenvalue weighted by Crippen LogP contribution is 2.44. The topological polar surface area (TPSA) is 88.1 Å². The molecule has 2 aliphatic rings. The summed E-state index contributed by atoms with van der Waals surface area (Å²) in [7, 11) is 0. The van der Waals surface area contributed by atoms with E-state index in [1.54, 1.807) is 0 Å². The van der Waals surface area contributed by atoms with E-state index < -0.39 is 18.1 Å². The summed E-state index contributed by atoms with van der Waals surface area (Å²) in [5.74, 6) is -1.11. The van der Waals surface area contributed by atoms with E-state index in [1.807, 2.05) is 36.4 Å². The van der Waals surface area contributed by atoms with Crippen LogP contribution in [0.15, 0.2) is 48.5 Å². The first kappa shape index (κ1) is 23.1. The van der Waals surface area contributed by atoms with Crippen molar-refractivity contribution in [1.29, 1.82) is 0 Å². The van der Waals surface area contributed by atoms with Crippen molar-refractivity contribution >= 4 is 24.5 Å². The lowest BCUT2D eigenvalue weighted by Gasteiger charge is -2.27. The van der Waals surface area contributed by atoms with Crippen molar-refractivity contribution in [3.8, 4) is 11.1 Å². The maximum Gasteiger partial charge on any atom is 0.407 e. The Labute approximate surface area is 187 Å². The average molecular weight is 447 g/mol. The minimum atomic E-state index is -1.06. The van der Waals surface area contributed by atoms with E-state index in [4.69, 9.17) is 9.47 Å². The molecule has 1 atom stereocenters. The van der Waals surface area contributed by atoms with Crippen LogP contribution in [0.5, 0.6) is 0 Å². The van der Waals surface area contributed by atoms with Gasteiger partial charge in [0.1, 0.15) is 12.6 Å². The summed E-state index contributed by atoms with van der Waals surface area (Å²) in [6.45, 7) is 3.60. The maximum absolute atomic E-state index is 12.4. The van der Waals surface area contributed by atoms with Gasteiger partial charge in [-0.05, 0) is 28.7 Å². The first-order valence-electron chi connectivity index (χ1n) is 10.3. The van der Waals surface area contributed by atoms with Gasteiger partial charge in [0.05, 0.1) is 13.2 Å². The highest BCUT2D eigenvalue weighted by atomic mass is 35.5. The fraction of sp³-hybridized carbons (Fsp3) is 0.391. The molecule has 0 unspecified atom stereocenters. The van der Waals surface area contributed by atoms with Gasteiger partial charge in [0, 0.05) is 25.6 Å². The molecule has 0 radical (unpaired) electrons. The molecule has 1 fully saturated rings. The summed E-state index contributed by atoms with van der Waals surface area (Å²) >= 11 is 0. The number of carboxylic acid groups (broad SMARTS) is 1. The molecule has 166 valence electrons. The molecule has 0 saturated carbocycles. The fourth-order valence-corrected chi connectivity index (χ4v) is 4.18. The number of ether oxygens (including phenoxy) is 2. The van der Waals surface area contributed by atoms with Crippen molar-refractivity contribution in [3.05, 3.63) is 59.7 Å². The second kappa shape index (κ2) is 10.6. The average Bonchev–Trinajstić information content (AvgIpc) is 3.09. The van der Waals surface area contributed by atoms with Crippen LogP contribution in [0.2, 0.25) is 0 Å². The lowest BCUT2D eigenvalue weighted by atomic mass is 9.98.